The number of nitrogens with one attached hydrogen (secondary N) is 2. The Kier molecular flexibility index (Phi) is 7.56. The molecule has 2 N–H and O–H groups in total. The third-order valence-electron chi connectivity index (χ3n) is 3.81. The van der Waals surface area contributed by atoms with E-state index in [0.29, 0.717) is 29.2 Å². The van der Waals surface area contributed by atoms with Gasteiger partial charge in [0.15, 0.2) is 11.5 Å². The van der Waals surface area contributed by atoms with E-state index in [-0.39, 0.29) is 17.7 Å². The predicted octanol–water partition coefficient (Wildman–Crippen LogP) is 3.45. The maximum absolute atomic E-state index is 12.2. The highest BCUT2D eigenvalue weighted by atomic mass is 16.5. The summed E-state index contributed by atoms with van der Waals surface area (Å²) >= 11 is 0. The van der Waals surface area contributed by atoms with E-state index in [1.54, 1.807) is 56.7 Å². The van der Waals surface area contributed by atoms with Gasteiger partial charge in [-0.05, 0) is 53.9 Å². The van der Waals surface area contributed by atoms with Gasteiger partial charge in [-0.15, -0.1) is 0 Å². The van der Waals surface area contributed by atoms with Crippen LogP contribution in [0.4, 0.5) is 5.69 Å². The second kappa shape index (κ2) is 10.1. The Morgan fingerprint density at radius 2 is 1.71 bits per heavy atom. The molecule has 0 atom stereocenters. The van der Waals surface area contributed by atoms with Gasteiger partial charge in [0.2, 0.25) is 5.91 Å². The summed E-state index contributed by atoms with van der Waals surface area (Å²) in [5.74, 6) is 1.08. The van der Waals surface area contributed by atoms with Crippen LogP contribution >= 0.6 is 0 Å². The zero-order chi connectivity index (χ0) is 20.5. The van der Waals surface area contributed by atoms with E-state index in [1.165, 1.54) is 6.21 Å². The minimum absolute atomic E-state index is 0.0493. The van der Waals surface area contributed by atoms with Crippen LogP contribution in [0.15, 0.2) is 47.6 Å². The van der Waals surface area contributed by atoms with Crippen LogP contribution in [0.5, 0.6) is 11.5 Å². The molecule has 0 radical (unpaired) electrons. The molecule has 0 aliphatic heterocycles. The minimum Gasteiger partial charge on any atom is -0.493 e. The molecule has 0 unspecified atom stereocenters. The molecule has 2 rings (SSSR count). The summed E-state index contributed by atoms with van der Waals surface area (Å²) in [6, 6.07) is 11.9. The number of hydrogen-bond acceptors (Lipinski definition) is 5. The average Bonchev–Trinajstić information content (AvgIpc) is 2.67. The highest BCUT2D eigenvalue weighted by molar-refractivity contribution is 5.96. The van der Waals surface area contributed by atoms with E-state index < -0.39 is 0 Å². The number of carbonyl (C=O) groups excluding carboxylic acids is 2. The molecule has 28 heavy (non-hydrogen) atoms. The lowest BCUT2D eigenvalue weighted by Crippen LogP contribution is -2.18. The molecule has 0 aromatic heterocycles. The molecule has 2 aromatic rings. The summed E-state index contributed by atoms with van der Waals surface area (Å²) in [5.41, 5.74) is 4.31. The van der Waals surface area contributed by atoms with Crippen molar-refractivity contribution < 1.29 is 19.1 Å². The Bertz CT molecular complexity index is 845. The van der Waals surface area contributed by atoms with E-state index in [2.05, 4.69) is 15.8 Å². The summed E-state index contributed by atoms with van der Waals surface area (Å²) in [6.07, 6.45) is 1.97. The van der Waals surface area contributed by atoms with Crippen molar-refractivity contribution >= 4 is 23.7 Å². The quantitative estimate of drug-likeness (QED) is 0.540. The molecule has 0 fully saturated rings. The monoisotopic (exact) mass is 383 g/mol. The van der Waals surface area contributed by atoms with Crippen molar-refractivity contribution in [3.63, 3.8) is 0 Å². The third kappa shape index (κ3) is 6.12. The Labute approximate surface area is 164 Å². The summed E-state index contributed by atoms with van der Waals surface area (Å²) in [7, 11) is 3.11. The van der Waals surface area contributed by atoms with Gasteiger partial charge in [0.05, 0.1) is 20.4 Å². The third-order valence-corrected chi connectivity index (χ3v) is 3.81. The molecule has 2 amide bonds. The molecule has 7 heteroatoms. The van der Waals surface area contributed by atoms with Gasteiger partial charge in [0.1, 0.15) is 0 Å². The van der Waals surface area contributed by atoms with Crippen molar-refractivity contribution in [1.29, 1.82) is 0 Å². The van der Waals surface area contributed by atoms with Gasteiger partial charge in [0, 0.05) is 17.7 Å². The van der Waals surface area contributed by atoms with Crippen LogP contribution in [0.3, 0.4) is 0 Å². The Morgan fingerprint density at radius 1 is 1.04 bits per heavy atom. The van der Waals surface area contributed by atoms with Crippen molar-refractivity contribution in [3.05, 3.63) is 53.6 Å². The zero-order valence-electron chi connectivity index (χ0n) is 16.5. The molecule has 0 aliphatic carbocycles. The lowest BCUT2D eigenvalue weighted by Gasteiger charge is -2.08. The van der Waals surface area contributed by atoms with E-state index in [1.807, 2.05) is 13.8 Å². The highest BCUT2D eigenvalue weighted by Gasteiger charge is 2.08. The van der Waals surface area contributed by atoms with Crippen molar-refractivity contribution in [2.24, 2.45) is 11.0 Å². The number of ether oxygens (including phenoxy) is 2. The molecule has 2 aromatic carbocycles. The number of hydrogen-bond donors (Lipinski definition) is 2. The topological polar surface area (TPSA) is 89.0 Å². The van der Waals surface area contributed by atoms with Crippen LogP contribution in [-0.4, -0.2) is 32.2 Å². The van der Waals surface area contributed by atoms with Gasteiger partial charge < -0.3 is 14.8 Å². The molecule has 0 saturated carbocycles. The number of nitrogens with zero attached hydrogens (tertiary/aromatic N) is 1. The average molecular weight is 383 g/mol. The van der Waals surface area contributed by atoms with Crippen LogP contribution in [0.1, 0.15) is 36.2 Å². The van der Waals surface area contributed by atoms with E-state index >= 15 is 0 Å². The standard InChI is InChI=1S/C21H25N3O4/c1-14(2)11-20(25)23-17-8-6-16(7-9-17)21(26)24-22-13-15-5-10-18(27-3)19(12-15)28-4/h5-10,12-14H,11H2,1-4H3,(H,23,25)(H,24,26). The van der Waals surface area contributed by atoms with Crippen molar-refractivity contribution in [2.45, 2.75) is 20.3 Å². The molecule has 7 nitrogen and oxygen atoms in total. The minimum atomic E-state index is -0.350. The Balaban J connectivity index is 1.94. The van der Waals surface area contributed by atoms with Crippen molar-refractivity contribution in [2.75, 3.05) is 19.5 Å². The first-order valence-corrected chi connectivity index (χ1v) is 8.88. The predicted molar refractivity (Wildman–Crippen MR) is 109 cm³/mol. The fraction of sp³-hybridized carbons (Fsp3) is 0.286. The number of amides is 2. The lowest BCUT2D eigenvalue weighted by molar-refractivity contribution is -0.116. The first-order valence-electron chi connectivity index (χ1n) is 8.88. The molecule has 0 spiro atoms. The maximum atomic E-state index is 12.2. The van der Waals surface area contributed by atoms with Gasteiger partial charge in [-0.1, -0.05) is 13.8 Å². The molecule has 0 bridgehead atoms. The van der Waals surface area contributed by atoms with Gasteiger partial charge >= 0.3 is 0 Å². The summed E-state index contributed by atoms with van der Waals surface area (Å²) in [4.78, 5) is 24.0. The molecular formula is C21H25N3O4. The lowest BCUT2D eigenvalue weighted by atomic mass is 10.1. The molecule has 0 heterocycles. The normalized spacial score (nSPS) is 10.8. The first-order chi connectivity index (χ1) is 13.4. The molecular weight excluding hydrogens is 358 g/mol. The van der Waals surface area contributed by atoms with Gasteiger partial charge in [-0.25, -0.2) is 5.43 Å². The first kappa shape index (κ1) is 21.0. The van der Waals surface area contributed by atoms with Gasteiger partial charge in [0.25, 0.3) is 5.91 Å². The SMILES string of the molecule is COc1ccc(C=NNC(=O)c2ccc(NC(=O)CC(C)C)cc2)cc1OC. The van der Waals surface area contributed by atoms with E-state index in [4.69, 9.17) is 9.47 Å². The van der Waals surface area contributed by atoms with Crippen molar-refractivity contribution in [1.82, 2.24) is 5.43 Å². The summed E-state index contributed by atoms with van der Waals surface area (Å²) < 4.78 is 10.4. The largest absolute Gasteiger partial charge is 0.493 e. The fourth-order valence-corrected chi connectivity index (χ4v) is 2.45. The smallest absolute Gasteiger partial charge is 0.271 e. The van der Waals surface area contributed by atoms with Crippen LogP contribution in [-0.2, 0) is 4.79 Å². The highest BCUT2D eigenvalue weighted by Crippen LogP contribution is 2.26. The number of hydrazone groups is 1. The second-order valence-corrected chi connectivity index (χ2v) is 6.54. The van der Waals surface area contributed by atoms with Gasteiger partial charge in [-0.3, -0.25) is 9.59 Å². The molecule has 0 saturated heterocycles. The number of anilines is 1. The van der Waals surface area contributed by atoms with E-state index in [0.717, 1.165) is 5.56 Å². The number of methoxy groups -OCH3 is 2. The van der Waals surface area contributed by atoms with Crippen molar-refractivity contribution in [3.8, 4) is 11.5 Å². The van der Waals surface area contributed by atoms with Crippen LogP contribution in [0.25, 0.3) is 0 Å². The summed E-state index contributed by atoms with van der Waals surface area (Å²) in [6.45, 7) is 3.96. The Hall–Kier alpha value is -3.35. The second-order valence-electron chi connectivity index (χ2n) is 6.54. The Morgan fingerprint density at radius 3 is 2.32 bits per heavy atom. The van der Waals surface area contributed by atoms with Gasteiger partial charge in [-0.2, -0.15) is 5.10 Å². The zero-order valence-corrected chi connectivity index (χ0v) is 16.5. The molecule has 0 aliphatic rings. The fourth-order valence-electron chi connectivity index (χ4n) is 2.45. The van der Waals surface area contributed by atoms with Crippen LogP contribution in [0.2, 0.25) is 0 Å². The van der Waals surface area contributed by atoms with E-state index in [9.17, 15) is 9.59 Å². The number of carbonyl (C=O) groups is 2. The van der Waals surface area contributed by atoms with Crippen LogP contribution in [0, 0.1) is 5.92 Å². The van der Waals surface area contributed by atoms with Crippen LogP contribution < -0.4 is 20.2 Å². The number of benzene rings is 2. The summed E-state index contributed by atoms with van der Waals surface area (Å²) in [5, 5.41) is 6.76. The number of rotatable bonds is 8. The maximum Gasteiger partial charge on any atom is 0.271 e. The molecule has 148 valence electrons.